The molecule has 0 N–H and O–H groups in total. The van der Waals surface area contributed by atoms with Crippen LogP contribution in [0.2, 0.25) is 0 Å². The van der Waals surface area contributed by atoms with Gasteiger partial charge in [0.25, 0.3) is 0 Å². The number of rotatable bonds is 5. The average Bonchev–Trinajstić information content (AvgIpc) is 2.53. The number of carbonyl (C=O) groups is 1. The summed E-state index contributed by atoms with van der Waals surface area (Å²) in [5.41, 5.74) is 3.10. The van der Waals surface area contributed by atoms with Crippen LogP contribution in [0.1, 0.15) is 37.0 Å². The van der Waals surface area contributed by atoms with Crippen molar-refractivity contribution in [2.75, 3.05) is 6.61 Å². The zero-order valence-corrected chi connectivity index (χ0v) is 13.1. The van der Waals surface area contributed by atoms with E-state index in [-0.39, 0.29) is 5.78 Å². The topological polar surface area (TPSA) is 26.3 Å². The van der Waals surface area contributed by atoms with Crippen LogP contribution < -0.4 is 4.74 Å². The first kappa shape index (κ1) is 15.9. The van der Waals surface area contributed by atoms with Crippen LogP contribution in [0.15, 0.2) is 48.5 Å². The standard InChI is InChI=1S/C20H20O2/c1-3-22-20-14-12-19(13-15-20)11-10-18-8-6-17(7-9-18)5-4-16(2)21/h6-9,12-15H,3-5H2,1-2H3. The Morgan fingerprint density at radius 2 is 1.50 bits per heavy atom. The number of benzene rings is 2. The van der Waals surface area contributed by atoms with Crippen molar-refractivity contribution in [2.45, 2.75) is 26.7 Å². The van der Waals surface area contributed by atoms with Crippen molar-refractivity contribution in [1.82, 2.24) is 0 Å². The fourth-order valence-corrected chi connectivity index (χ4v) is 2.02. The van der Waals surface area contributed by atoms with Crippen molar-refractivity contribution in [1.29, 1.82) is 0 Å². The van der Waals surface area contributed by atoms with Crippen molar-refractivity contribution >= 4 is 5.78 Å². The molecule has 0 atom stereocenters. The normalized spacial score (nSPS) is 9.73. The number of hydrogen-bond donors (Lipinski definition) is 0. The van der Waals surface area contributed by atoms with E-state index in [0.717, 1.165) is 23.3 Å². The molecule has 0 aliphatic heterocycles. The molecule has 0 unspecified atom stereocenters. The largest absolute Gasteiger partial charge is 0.494 e. The first-order valence-corrected chi connectivity index (χ1v) is 7.50. The van der Waals surface area contributed by atoms with Gasteiger partial charge in [0.05, 0.1) is 6.61 Å². The Hall–Kier alpha value is -2.53. The molecular formula is C20H20O2. The van der Waals surface area contributed by atoms with Gasteiger partial charge in [-0.15, -0.1) is 0 Å². The molecule has 0 amide bonds. The number of carbonyl (C=O) groups excluding carboxylic acids is 1. The molecule has 0 bridgehead atoms. The van der Waals surface area contributed by atoms with Gasteiger partial charge >= 0.3 is 0 Å². The molecule has 0 radical (unpaired) electrons. The molecule has 2 rings (SSSR count). The van der Waals surface area contributed by atoms with E-state index in [9.17, 15) is 4.79 Å². The molecule has 0 aromatic heterocycles. The van der Waals surface area contributed by atoms with Crippen LogP contribution in [0.25, 0.3) is 0 Å². The lowest BCUT2D eigenvalue weighted by Gasteiger charge is -2.01. The lowest BCUT2D eigenvalue weighted by atomic mass is 10.1. The summed E-state index contributed by atoms with van der Waals surface area (Å²) in [6, 6.07) is 15.8. The maximum absolute atomic E-state index is 11.0. The molecule has 2 aromatic carbocycles. The second kappa shape index (κ2) is 8.05. The number of ketones is 1. The van der Waals surface area contributed by atoms with Gasteiger partial charge in [0.15, 0.2) is 0 Å². The van der Waals surface area contributed by atoms with Gasteiger partial charge in [0.1, 0.15) is 11.5 Å². The zero-order valence-electron chi connectivity index (χ0n) is 13.1. The molecule has 22 heavy (non-hydrogen) atoms. The van der Waals surface area contributed by atoms with Crippen molar-refractivity contribution in [2.24, 2.45) is 0 Å². The summed E-state index contributed by atoms with van der Waals surface area (Å²) in [6.45, 7) is 4.26. The van der Waals surface area contributed by atoms with E-state index in [1.807, 2.05) is 55.5 Å². The van der Waals surface area contributed by atoms with Gasteiger partial charge in [-0.3, -0.25) is 0 Å². The number of hydrogen-bond acceptors (Lipinski definition) is 2. The van der Waals surface area contributed by atoms with Gasteiger partial charge in [0, 0.05) is 17.5 Å². The van der Waals surface area contributed by atoms with E-state index in [0.29, 0.717) is 13.0 Å². The van der Waals surface area contributed by atoms with Crippen molar-refractivity contribution < 1.29 is 9.53 Å². The van der Waals surface area contributed by atoms with Gasteiger partial charge in [0.2, 0.25) is 0 Å². The minimum Gasteiger partial charge on any atom is -0.494 e. The molecule has 2 heteroatoms. The van der Waals surface area contributed by atoms with E-state index in [4.69, 9.17) is 4.74 Å². The maximum Gasteiger partial charge on any atom is 0.130 e. The highest BCUT2D eigenvalue weighted by molar-refractivity contribution is 5.75. The summed E-state index contributed by atoms with van der Waals surface area (Å²) in [4.78, 5) is 11.0. The van der Waals surface area contributed by atoms with E-state index < -0.39 is 0 Å². The first-order valence-electron chi connectivity index (χ1n) is 7.50. The first-order chi connectivity index (χ1) is 10.7. The quantitative estimate of drug-likeness (QED) is 0.778. The Bertz CT molecular complexity index is 670. The smallest absolute Gasteiger partial charge is 0.130 e. The number of Topliss-reactive ketones (excluding diaryl/α,β-unsaturated/α-hetero) is 1. The van der Waals surface area contributed by atoms with Crippen LogP contribution in [-0.2, 0) is 11.2 Å². The van der Waals surface area contributed by atoms with Crippen LogP contribution in [0.4, 0.5) is 0 Å². The Morgan fingerprint density at radius 1 is 0.955 bits per heavy atom. The Kier molecular flexibility index (Phi) is 5.80. The molecule has 0 saturated carbocycles. The highest BCUT2D eigenvalue weighted by atomic mass is 16.5. The Labute approximate surface area is 132 Å². The van der Waals surface area contributed by atoms with Crippen LogP contribution in [0, 0.1) is 11.8 Å². The molecule has 0 aliphatic rings. The highest BCUT2D eigenvalue weighted by Gasteiger charge is 1.97. The van der Waals surface area contributed by atoms with E-state index in [1.54, 1.807) is 6.92 Å². The summed E-state index contributed by atoms with van der Waals surface area (Å²) >= 11 is 0. The monoisotopic (exact) mass is 292 g/mol. The van der Waals surface area contributed by atoms with E-state index in [1.165, 1.54) is 5.56 Å². The summed E-state index contributed by atoms with van der Waals surface area (Å²) in [5, 5.41) is 0. The van der Waals surface area contributed by atoms with Gasteiger partial charge in [-0.2, -0.15) is 0 Å². The minimum absolute atomic E-state index is 0.222. The molecule has 0 saturated heterocycles. The lowest BCUT2D eigenvalue weighted by Crippen LogP contribution is -1.93. The molecule has 0 heterocycles. The number of ether oxygens (including phenoxy) is 1. The molecule has 112 valence electrons. The predicted octanol–water partition coefficient (Wildman–Crippen LogP) is 4.01. The third kappa shape index (κ3) is 5.10. The summed E-state index contributed by atoms with van der Waals surface area (Å²) < 4.78 is 5.40. The molecule has 2 aromatic rings. The fourth-order valence-electron chi connectivity index (χ4n) is 2.02. The molecule has 0 fully saturated rings. The van der Waals surface area contributed by atoms with E-state index in [2.05, 4.69) is 11.8 Å². The predicted molar refractivity (Wildman–Crippen MR) is 89.0 cm³/mol. The minimum atomic E-state index is 0.222. The Balaban J connectivity index is 2.00. The lowest BCUT2D eigenvalue weighted by molar-refractivity contribution is -0.116. The Morgan fingerprint density at radius 3 is 2.00 bits per heavy atom. The van der Waals surface area contributed by atoms with Gasteiger partial charge in [-0.1, -0.05) is 24.0 Å². The fraction of sp³-hybridized carbons (Fsp3) is 0.250. The molecule has 0 spiro atoms. The van der Waals surface area contributed by atoms with Gasteiger partial charge < -0.3 is 9.53 Å². The highest BCUT2D eigenvalue weighted by Crippen LogP contribution is 2.11. The third-order valence-electron chi connectivity index (χ3n) is 3.24. The summed E-state index contributed by atoms with van der Waals surface area (Å²) in [6.07, 6.45) is 1.39. The SMILES string of the molecule is CCOc1ccc(C#Cc2ccc(CCC(C)=O)cc2)cc1. The zero-order chi connectivity index (χ0) is 15.8. The van der Waals surface area contributed by atoms with Gasteiger partial charge in [-0.25, -0.2) is 0 Å². The molecular weight excluding hydrogens is 272 g/mol. The maximum atomic E-state index is 11.0. The van der Waals surface area contributed by atoms with E-state index >= 15 is 0 Å². The van der Waals surface area contributed by atoms with Gasteiger partial charge in [-0.05, 0) is 62.2 Å². The van der Waals surface area contributed by atoms with Crippen molar-refractivity contribution in [3.05, 3.63) is 65.2 Å². The molecule has 2 nitrogen and oxygen atoms in total. The third-order valence-corrected chi connectivity index (χ3v) is 3.24. The van der Waals surface area contributed by atoms with Crippen LogP contribution >= 0.6 is 0 Å². The molecule has 0 aliphatic carbocycles. The van der Waals surface area contributed by atoms with Crippen molar-refractivity contribution in [3.8, 4) is 17.6 Å². The van der Waals surface area contributed by atoms with Crippen LogP contribution in [-0.4, -0.2) is 12.4 Å². The van der Waals surface area contributed by atoms with Crippen LogP contribution in [0.5, 0.6) is 5.75 Å². The second-order valence-electron chi connectivity index (χ2n) is 5.11. The summed E-state index contributed by atoms with van der Waals surface area (Å²) in [7, 11) is 0. The van der Waals surface area contributed by atoms with Crippen LogP contribution in [0.3, 0.4) is 0 Å². The average molecular weight is 292 g/mol. The summed E-state index contributed by atoms with van der Waals surface area (Å²) in [5.74, 6) is 7.37. The number of aryl methyl sites for hydroxylation is 1. The second-order valence-corrected chi connectivity index (χ2v) is 5.11. The van der Waals surface area contributed by atoms with Crippen molar-refractivity contribution in [3.63, 3.8) is 0 Å².